The van der Waals surface area contributed by atoms with Crippen LogP contribution in [-0.2, 0) is 33.6 Å². The number of carbonyl (C=O) groups is 8. The summed E-state index contributed by atoms with van der Waals surface area (Å²) in [7, 11) is 0. The topological polar surface area (TPSA) is 211 Å². The second-order valence-corrected chi connectivity index (χ2v) is 8.63. The number of Topliss-reactive ketones (excluding diaryl/α,β-unsaturated/α-hetero) is 1. The van der Waals surface area contributed by atoms with Gasteiger partial charge in [-0.25, -0.2) is 4.79 Å². The van der Waals surface area contributed by atoms with Gasteiger partial charge in [0.25, 0.3) is 17.7 Å². The van der Waals surface area contributed by atoms with E-state index in [4.69, 9.17) is 0 Å². The van der Waals surface area contributed by atoms with Gasteiger partial charge in [0, 0.05) is 6.42 Å². The predicted molar refractivity (Wildman–Crippen MR) is 129 cm³/mol. The number of ketones is 1. The number of aliphatic hydroxyl groups is 1. The number of imide groups is 1. The average molecular weight is 530 g/mol. The summed E-state index contributed by atoms with van der Waals surface area (Å²) in [6.45, 7) is -0.710. The molecule has 0 aliphatic carbocycles. The zero-order chi connectivity index (χ0) is 28.0. The summed E-state index contributed by atoms with van der Waals surface area (Å²) in [5.74, 6) is -4.25. The molecule has 2 aliphatic rings. The molecule has 1 fully saturated rings. The molecule has 15 heteroatoms. The minimum Gasteiger partial charge on any atom is -0.387 e. The Kier molecular flexibility index (Phi) is 8.85. The molecule has 0 radical (unpaired) electrons. The van der Waals surface area contributed by atoms with Gasteiger partial charge in [-0.2, -0.15) is 0 Å². The number of hydrogen-bond acceptors (Lipinski definition) is 9. The van der Waals surface area contributed by atoms with E-state index < -0.39 is 79.8 Å². The van der Waals surface area contributed by atoms with Crippen molar-refractivity contribution in [1.29, 1.82) is 0 Å². The molecule has 2 aliphatic heterocycles. The fraction of sp³-hybridized carbons (Fsp3) is 0.391. The van der Waals surface area contributed by atoms with Gasteiger partial charge in [0.2, 0.25) is 11.8 Å². The number of carbonyl (C=O) groups excluding carboxylic acids is 8. The van der Waals surface area contributed by atoms with Gasteiger partial charge in [-0.15, -0.1) is 0 Å². The van der Waals surface area contributed by atoms with Gasteiger partial charge in [0.15, 0.2) is 0 Å². The molecular weight excluding hydrogens is 504 g/mol. The Morgan fingerprint density at radius 2 is 1.82 bits per heavy atom. The molecule has 0 saturated carbocycles. The molecule has 3 rings (SSSR count). The lowest BCUT2D eigenvalue weighted by atomic mass is 10.1. The first kappa shape index (κ1) is 27.9. The number of urea groups is 1. The van der Waals surface area contributed by atoms with Crippen molar-refractivity contribution in [3.05, 3.63) is 24.3 Å². The van der Waals surface area contributed by atoms with E-state index in [1.807, 2.05) is 5.32 Å². The molecule has 7 amide bonds. The Hall–Kier alpha value is -4.66. The average Bonchev–Trinajstić information content (AvgIpc) is 3.13. The van der Waals surface area contributed by atoms with E-state index in [-0.39, 0.29) is 23.6 Å². The fourth-order valence-corrected chi connectivity index (χ4v) is 4.06. The van der Waals surface area contributed by atoms with Crippen LogP contribution < -0.4 is 31.1 Å². The monoisotopic (exact) mass is 530 g/mol. The highest BCUT2D eigenvalue weighted by Crippen LogP contribution is 2.32. The van der Waals surface area contributed by atoms with Crippen molar-refractivity contribution in [3.8, 4) is 0 Å². The van der Waals surface area contributed by atoms with Crippen LogP contribution in [-0.4, -0.2) is 90.6 Å². The van der Waals surface area contributed by atoms with E-state index in [9.17, 15) is 43.5 Å². The van der Waals surface area contributed by atoms with Crippen molar-refractivity contribution < 1.29 is 43.5 Å². The lowest BCUT2D eigenvalue weighted by Gasteiger charge is -2.25. The van der Waals surface area contributed by atoms with Crippen LogP contribution in [0.1, 0.15) is 19.8 Å². The number of benzene rings is 1. The van der Waals surface area contributed by atoms with Gasteiger partial charge in [-0.1, -0.05) is 12.1 Å². The van der Waals surface area contributed by atoms with Crippen LogP contribution in [0.4, 0.5) is 16.2 Å². The molecule has 15 nitrogen and oxygen atoms in total. The maximum Gasteiger partial charge on any atom is 0.322 e. The van der Waals surface area contributed by atoms with Crippen LogP contribution in [0, 0.1) is 0 Å². The van der Waals surface area contributed by atoms with Crippen molar-refractivity contribution in [2.75, 3.05) is 29.5 Å². The number of aliphatic hydroxyl groups excluding tert-OH is 1. The van der Waals surface area contributed by atoms with Crippen molar-refractivity contribution in [2.45, 2.75) is 37.9 Å². The minimum atomic E-state index is -1.42. The molecule has 5 N–H and O–H groups in total. The minimum absolute atomic E-state index is 0.114. The zero-order valence-electron chi connectivity index (χ0n) is 20.3. The van der Waals surface area contributed by atoms with Gasteiger partial charge in [0.1, 0.15) is 37.3 Å². The highest BCUT2D eigenvalue weighted by atomic mass is 16.3. The Balaban J connectivity index is 1.89. The van der Waals surface area contributed by atoms with Gasteiger partial charge < -0.3 is 30.8 Å². The third-order valence-electron chi connectivity index (χ3n) is 5.73. The van der Waals surface area contributed by atoms with E-state index in [1.54, 1.807) is 12.1 Å². The number of nitrogens with zero attached hydrogens (tertiary/aromatic N) is 2. The number of anilines is 2. The van der Waals surface area contributed by atoms with E-state index in [2.05, 4.69) is 16.0 Å². The van der Waals surface area contributed by atoms with Gasteiger partial charge in [0.05, 0.1) is 30.4 Å². The first-order valence-electron chi connectivity index (χ1n) is 11.5. The largest absolute Gasteiger partial charge is 0.387 e. The summed E-state index contributed by atoms with van der Waals surface area (Å²) in [5, 5.41) is 18.5. The van der Waals surface area contributed by atoms with Gasteiger partial charge in [-0.3, -0.25) is 39.0 Å². The Labute approximate surface area is 215 Å². The third-order valence-corrected chi connectivity index (χ3v) is 5.73. The normalized spacial score (nSPS) is 19.5. The number of aldehydes is 1. The lowest BCUT2D eigenvalue weighted by Crippen LogP contribution is -2.55. The number of rotatable bonds is 10. The Morgan fingerprint density at radius 1 is 1.13 bits per heavy atom. The molecule has 1 aromatic rings. The number of hydrogen-bond donors (Lipinski definition) is 5. The first-order valence-corrected chi connectivity index (χ1v) is 11.5. The Bertz CT molecular complexity index is 1190. The number of nitrogens with one attached hydrogen (secondary N) is 4. The fourth-order valence-electron chi connectivity index (χ4n) is 4.06. The van der Waals surface area contributed by atoms with Crippen LogP contribution >= 0.6 is 0 Å². The first-order chi connectivity index (χ1) is 18.0. The van der Waals surface area contributed by atoms with Crippen molar-refractivity contribution in [2.24, 2.45) is 0 Å². The molecule has 0 aromatic heterocycles. The summed E-state index contributed by atoms with van der Waals surface area (Å²) >= 11 is 0. The molecule has 0 spiro atoms. The lowest BCUT2D eigenvalue weighted by molar-refractivity contribution is -0.130. The smallest absolute Gasteiger partial charge is 0.322 e. The summed E-state index contributed by atoms with van der Waals surface area (Å²) in [6.07, 6.45) is -0.364. The Morgan fingerprint density at radius 3 is 2.39 bits per heavy atom. The molecule has 38 heavy (non-hydrogen) atoms. The SMILES string of the molecule is CC(=O)C[C@@H](C=O)NC(=O)CN1C(=O)[C@@H](NC(=O)CC2NC(=O)NC2=O)CN(C(=O)CO)c2ccccc21. The van der Waals surface area contributed by atoms with Crippen molar-refractivity contribution >= 4 is 59.0 Å². The van der Waals surface area contributed by atoms with Crippen LogP contribution in [0.15, 0.2) is 24.3 Å². The maximum atomic E-state index is 13.6. The van der Waals surface area contributed by atoms with Crippen LogP contribution in [0.2, 0.25) is 0 Å². The van der Waals surface area contributed by atoms with E-state index in [0.717, 1.165) is 9.80 Å². The van der Waals surface area contributed by atoms with E-state index >= 15 is 0 Å². The van der Waals surface area contributed by atoms with E-state index in [1.165, 1.54) is 19.1 Å². The van der Waals surface area contributed by atoms with Crippen LogP contribution in [0.5, 0.6) is 0 Å². The number of para-hydroxylation sites is 2. The van der Waals surface area contributed by atoms with Crippen LogP contribution in [0.3, 0.4) is 0 Å². The van der Waals surface area contributed by atoms with Crippen LogP contribution in [0.25, 0.3) is 0 Å². The number of amides is 7. The molecule has 1 unspecified atom stereocenters. The highest BCUT2D eigenvalue weighted by Gasteiger charge is 2.39. The molecular formula is C23H26N6O9. The van der Waals surface area contributed by atoms with E-state index in [0.29, 0.717) is 6.29 Å². The third kappa shape index (κ3) is 6.56. The summed E-state index contributed by atoms with van der Waals surface area (Å²) in [6, 6.07) is 1.56. The molecule has 0 bridgehead atoms. The summed E-state index contributed by atoms with van der Waals surface area (Å²) in [5.41, 5.74) is 0.283. The highest BCUT2D eigenvalue weighted by molar-refractivity contribution is 6.11. The standard InChI is InChI=1S/C23H26N6O9/c1-12(32)6-13(10-30)24-19(34)9-29-17-5-3-2-4-16(17)28(20(35)11-31)8-15(22(29)37)25-18(33)7-14-21(36)27-23(38)26-14/h2-5,10,13-15,31H,6-9,11H2,1H3,(H,24,34)(H,25,33)(H2,26,27,36,38)/t13-,14?,15-/m0/s1. The molecule has 1 saturated heterocycles. The molecule has 1 aromatic carbocycles. The second kappa shape index (κ2) is 12.1. The predicted octanol–water partition coefficient (Wildman–Crippen LogP) is -2.90. The maximum absolute atomic E-state index is 13.6. The zero-order valence-corrected chi connectivity index (χ0v) is 20.3. The van der Waals surface area contributed by atoms with Crippen molar-refractivity contribution in [3.63, 3.8) is 0 Å². The second-order valence-electron chi connectivity index (χ2n) is 8.63. The molecule has 3 atom stereocenters. The van der Waals surface area contributed by atoms with Gasteiger partial charge in [-0.05, 0) is 19.1 Å². The summed E-state index contributed by atoms with van der Waals surface area (Å²) < 4.78 is 0. The quantitative estimate of drug-likeness (QED) is 0.155. The summed E-state index contributed by atoms with van der Waals surface area (Å²) in [4.78, 5) is 99.4. The van der Waals surface area contributed by atoms with Crippen molar-refractivity contribution in [1.82, 2.24) is 21.3 Å². The molecule has 2 heterocycles. The number of fused-ring (bicyclic) bond motifs is 1. The molecule has 202 valence electrons. The van der Waals surface area contributed by atoms with Gasteiger partial charge >= 0.3 is 6.03 Å².